The minimum absolute atomic E-state index is 0.107. The average Bonchev–Trinajstić information content (AvgIpc) is 3.07. The normalized spacial score (nSPS) is 16.3. The molecule has 0 unspecified atom stereocenters. The summed E-state index contributed by atoms with van der Waals surface area (Å²) < 4.78 is 5.56. The maximum absolute atomic E-state index is 12.1. The average molecular weight is 373 g/mol. The fourth-order valence-corrected chi connectivity index (χ4v) is 2.89. The van der Waals surface area contributed by atoms with Crippen molar-refractivity contribution in [2.75, 3.05) is 13.6 Å². The number of hydrogen-bond donors (Lipinski definition) is 2. The largest absolute Gasteiger partial charge is 0.480 e. The summed E-state index contributed by atoms with van der Waals surface area (Å²) in [5, 5.41) is 11.9. The standard InChI is InChI=1S/C14H17BrN2O5/c1-17(12(19)9-4-5-10(15)22-9)8-11(18)16-14(13(20)21)6-2-3-7-14/h4-5H,2-3,6-8H2,1H3,(H,16,18)(H,20,21). The van der Waals surface area contributed by atoms with Gasteiger partial charge in [-0.15, -0.1) is 0 Å². The number of rotatable bonds is 5. The van der Waals surface area contributed by atoms with Crippen molar-refractivity contribution in [3.05, 3.63) is 22.6 Å². The van der Waals surface area contributed by atoms with Crippen molar-refractivity contribution in [2.24, 2.45) is 0 Å². The highest BCUT2D eigenvalue weighted by atomic mass is 79.9. The minimum Gasteiger partial charge on any atom is -0.480 e. The molecule has 1 aliphatic carbocycles. The van der Waals surface area contributed by atoms with Crippen LogP contribution in [0.4, 0.5) is 0 Å². The Balaban J connectivity index is 1.96. The third-order valence-electron chi connectivity index (χ3n) is 3.76. The first kappa shape index (κ1) is 16.5. The first-order valence-corrected chi connectivity index (χ1v) is 7.68. The number of amides is 2. The zero-order valence-corrected chi connectivity index (χ0v) is 13.7. The molecule has 1 fully saturated rings. The molecule has 0 saturated heterocycles. The number of carboxylic acid groups (broad SMARTS) is 1. The van der Waals surface area contributed by atoms with Gasteiger partial charge in [0.15, 0.2) is 10.4 Å². The lowest BCUT2D eigenvalue weighted by molar-refractivity contribution is -0.147. The maximum atomic E-state index is 12.1. The molecule has 2 amide bonds. The van der Waals surface area contributed by atoms with Crippen LogP contribution in [0.15, 0.2) is 21.2 Å². The van der Waals surface area contributed by atoms with Crippen LogP contribution in [0.2, 0.25) is 0 Å². The van der Waals surface area contributed by atoms with Crippen LogP contribution in [0.1, 0.15) is 36.2 Å². The molecule has 0 atom stereocenters. The highest BCUT2D eigenvalue weighted by molar-refractivity contribution is 9.10. The van der Waals surface area contributed by atoms with E-state index in [4.69, 9.17) is 4.42 Å². The zero-order valence-electron chi connectivity index (χ0n) is 12.1. The molecule has 7 nitrogen and oxygen atoms in total. The summed E-state index contributed by atoms with van der Waals surface area (Å²) in [5.74, 6) is -1.86. The minimum atomic E-state index is -1.20. The van der Waals surface area contributed by atoms with Gasteiger partial charge in [0.05, 0.1) is 6.54 Å². The Morgan fingerprint density at radius 1 is 1.36 bits per heavy atom. The van der Waals surface area contributed by atoms with Crippen LogP contribution < -0.4 is 5.32 Å². The number of carboxylic acids is 1. The highest BCUT2D eigenvalue weighted by Gasteiger charge is 2.42. The van der Waals surface area contributed by atoms with E-state index < -0.39 is 23.3 Å². The molecule has 120 valence electrons. The summed E-state index contributed by atoms with van der Waals surface area (Å²) >= 11 is 3.10. The first-order valence-electron chi connectivity index (χ1n) is 6.89. The van der Waals surface area contributed by atoms with Gasteiger partial charge < -0.3 is 19.7 Å². The number of carbonyl (C=O) groups is 3. The first-order chi connectivity index (χ1) is 10.3. The van der Waals surface area contributed by atoms with Crippen molar-refractivity contribution in [3.63, 3.8) is 0 Å². The summed E-state index contributed by atoms with van der Waals surface area (Å²) in [7, 11) is 1.46. The second-order valence-electron chi connectivity index (χ2n) is 5.41. The van der Waals surface area contributed by atoms with Gasteiger partial charge in [0.1, 0.15) is 5.54 Å². The van der Waals surface area contributed by atoms with Crippen LogP contribution >= 0.6 is 15.9 Å². The molecule has 2 rings (SSSR count). The Labute approximate surface area is 135 Å². The van der Waals surface area contributed by atoms with Crippen molar-refractivity contribution in [2.45, 2.75) is 31.2 Å². The van der Waals surface area contributed by atoms with E-state index in [1.54, 1.807) is 6.07 Å². The van der Waals surface area contributed by atoms with Gasteiger partial charge in [-0.05, 0) is 40.9 Å². The van der Waals surface area contributed by atoms with Crippen molar-refractivity contribution < 1.29 is 23.9 Å². The number of furan rings is 1. The second-order valence-corrected chi connectivity index (χ2v) is 6.19. The van der Waals surface area contributed by atoms with Crippen LogP contribution in [0.3, 0.4) is 0 Å². The summed E-state index contributed by atoms with van der Waals surface area (Å²) in [6, 6.07) is 3.08. The Hall–Kier alpha value is -1.83. The van der Waals surface area contributed by atoms with Crippen LogP contribution in [0.25, 0.3) is 0 Å². The second kappa shape index (κ2) is 6.51. The summed E-state index contributed by atoms with van der Waals surface area (Å²) in [6.07, 6.45) is 2.36. The number of likely N-dealkylation sites (N-methyl/N-ethyl adjacent to an activating group) is 1. The number of hydrogen-bond acceptors (Lipinski definition) is 4. The number of carbonyl (C=O) groups excluding carboxylic acids is 2. The Morgan fingerprint density at radius 2 is 2.00 bits per heavy atom. The molecule has 0 bridgehead atoms. The van der Waals surface area contributed by atoms with Gasteiger partial charge in [-0.2, -0.15) is 0 Å². The van der Waals surface area contributed by atoms with Gasteiger partial charge in [0.25, 0.3) is 5.91 Å². The molecule has 0 radical (unpaired) electrons. The lowest BCUT2D eigenvalue weighted by Crippen LogP contribution is -2.54. The summed E-state index contributed by atoms with van der Waals surface area (Å²) in [5.41, 5.74) is -1.20. The molecule has 1 saturated carbocycles. The number of nitrogens with zero attached hydrogens (tertiary/aromatic N) is 1. The van der Waals surface area contributed by atoms with E-state index in [9.17, 15) is 19.5 Å². The molecule has 1 aromatic heterocycles. The molecule has 8 heteroatoms. The van der Waals surface area contributed by atoms with Gasteiger partial charge in [-0.3, -0.25) is 9.59 Å². The lowest BCUT2D eigenvalue weighted by atomic mass is 9.98. The predicted octanol–water partition coefficient (Wildman–Crippen LogP) is 1.63. The maximum Gasteiger partial charge on any atom is 0.329 e. The molecular formula is C14H17BrN2O5. The Bertz CT molecular complexity index is 592. The van der Waals surface area contributed by atoms with E-state index in [0.717, 1.165) is 12.8 Å². The zero-order chi connectivity index (χ0) is 16.3. The van der Waals surface area contributed by atoms with E-state index in [0.29, 0.717) is 17.5 Å². The third kappa shape index (κ3) is 3.49. The van der Waals surface area contributed by atoms with Crippen LogP contribution in [0, 0.1) is 0 Å². The molecule has 22 heavy (non-hydrogen) atoms. The van der Waals surface area contributed by atoms with Crippen molar-refractivity contribution in [1.82, 2.24) is 10.2 Å². The molecule has 0 spiro atoms. The van der Waals surface area contributed by atoms with Gasteiger partial charge in [-0.1, -0.05) is 12.8 Å². The van der Waals surface area contributed by atoms with E-state index >= 15 is 0 Å². The van der Waals surface area contributed by atoms with Gasteiger partial charge in [0.2, 0.25) is 5.91 Å². The number of nitrogens with one attached hydrogen (secondary N) is 1. The van der Waals surface area contributed by atoms with E-state index in [1.807, 2.05) is 0 Å². The van der Waals surface area contributed by atoms with Crippen molar-refractivity contribution >= 4 is 33.7 Å². The van der Waals surface area contributed by atoms with Gasteiger partial charge >= 0.3 is 5.97 Å². The predicted molar refractivity (Wildman–Crippen MR) is 80.3 cm³/mol. The molecule has 2 N–H and O–H groups in total. The highest BCUT2D eigenvalue weighted by Crippen LogP contribution is 2.29. The molecular weight excluding hydrogens is 356 g/mol. The van der Waals surface area contributed by atoms with Gasteiger partial charge in [0, 0.05) is 7.05 Å². The molecule has 0 aromatic carbocycles. The molecule has 1 aliphatic rings. The SMILES string of the molecule is CN(CC(=O)NC1(C(=O)O)CCCC1)C(=O)c1ccc(Br)o1. The monoisotopic (exact) mass is 372 g/mol. The summed E-state index contributed by atoms with van der Waals surface area (Å²) in [6.45, 7) is -0.230. The number of aliphatic carboxylic acids is 1. The van der Waals surface area contributed by atoms with Crippen LogP contribution in [0.5, 0.6) is 0 Å². The van der Waals surface area contributed by atoms with E-state index in [1.165, 1.54) is 18.0 Å². The Morgan fingerprint density at radius 3 is 2.50 bits per heavy atom. The van der Waals surface area contributed by atoms with Gasteiger partial charge in [-0.25, -0.2) is 4.79 Å². The quantitative estimate of drug-likeness (QED) is 0.817. The third-order valence-corrected chi connectivity index (χ3v) is 4.18. The van der Waals surface area contributed by atoms with Crippen molar-refractivity contribution in [3.8, 4) is 0 Å². The van der Waals surface area contributed by atoms with Crippen LogP contribution in [-0.4, -0.2) is 46.9 Å². The number of halogens is 1. The smallest absolute Gasteiger partial charge is 0.329 e. The van der Waals surface area contributed by atoms with Crippen molar-refractivity contribution in [1.29, 1.82) is 0 Å². The van der Waals surface area contributed by atoms with Crippen LogP contribution in [-0.2, 0) is 9.59 Å². The van der Waals surface area contributed by atoms with E-state index in [2.05, 4.69) is 21.2 Å². The lowest BCUT2D eigenvalue weighted by Gasteiger charge is -2.26. The van der Waals surface area contributed by atoms with E-state index in [-0.39, 0.29) is 12.3 Å². The fraction of sp³-hybridized carbons (Fsp3) is 0.500. The molecule has 0 aliphatic heterocycles. The topological polar surface area (TPSA) is 99.9 Å². The molecule has 1 aromatic rings. The molecule has 1 heterocycles. The summed E-state index contributed by atoms with van der Waals surface area (Å²) in [4.78, 5) is 36.7. The fourth-order valence-electron chi connectivity index (χ4n) is 2.58. The Kier molecular flexibility index (Phi) is 4.90.